The highest BCUT2D eigenvalue weighted by Gasteiger charge is 2.46. The molecular weight excluding hydrogens is 466 g/mol. The molecule has 3 aromatic carbocycles. The zero-order valence-electron chi connectivity index (χ0n) is 19.3. The first-order chi connectivity index (χ1) is 17.0. The number of rotatable bonds is 9. The van der Waals surface area contributed by atoms with Crippen LogP contribution >= 0.6 is 11.6 Å². The number of anilines is 2. The molecule has 4 amide bonds. The fourth-order valence-corrected chi connectivity index (χ4v) is 4.12. The average Bonchev–Trinajstić information content (AvgIpc) is 3.09. The van der Waals surface area contributed by atoms with E-state index in [1.165, 1.54) is 4.90 Å². The summed E-state index contributed by atoms with van der Waals surface area (Å²) in [6, 6.07) is 21.8. The van der Waals surface area contributed by atoms with Crippen molar-refractivity contribution in [1.29, 1.82) is 0 Å². The molecule has 0 aliphatic carbocycles. The molecular formula is C27H26ClN3O4. The monoisotopic (exact) mass is 491 g/mol. The minimum absolute atomic E-state index is 0.156. The standard InChI is InChI=1S/C27H26ClN3O4/c1-2-35-23-14-10-21(11-15-23)29-25(32)18-24-26(33)31(22-12-8-20(28)9-13-22)27(34)30(24)17-16-19-6-4-3-5-7-19/h3-15,24H,2,16-18H2,1H3,(H,29,32)/t24-/m0/s1. The molecule has 1 heterocycles. The Morgan fingerprint density at radius 1 is 0.971 bits per heavy atom. The van der Waals surface area contributed by atoms with E-state index in [0.29, 0.717) is 41.7 Å². The Labute approximate surface area is 209 Å². The molecule has 7 nitrogen and oxygen atoms in total. The first kappa shape index (κ1) is 24.3. The van der Waals surface area contributed by atoms with Crippen LogP contribution in [0.5, 0.6) is 5.75 Å². The van der Waals surface area contributed by atoms with Crippen molar-refractivity contribution in [3.63, 3.8) is 0 Å². The van der Waals surface area contributed by atoms with Crippen LogP contribution in [0.15, 0.2) is 78.9 Å². The summed E-state index contributed by atoms with van der Waals surface area (Å²) in [6.07, 6.45) is 0.405. The Bertz CT molecular complexity index is 1180. The van der Waals surface area contributed by atoms with Crippen LogP contribution in [0.25, 0.3) is 0 Å². The molecule has 8 heteroatoms. The van der Waals surface area contributed by atoms with Gasteiger partial charge in [0.25, 0.3) is 5.91 Å². The van der Waals surface area contributed by atoms with Gasteiger partial charge in [-0.05, 0) is 67.4 Å². The van der Waals surface area contributed by atoms with Gasteiger partial charge in [0.1, 0.15) is 11.8 Å². The quantitative estimate of drug-likeness (QED) is 0.420. The fraction of sp³-hybridized carbons (Fsp3) is 0.222. The lowest BCUT2D eigenvalue weighted by molar-refractivity contribution is -0.124. The van der Waals surface area contributed by atoms with E-state index in [4.69, 9.17) is 16.3 Å². The van der Waals surface area contributed by atoms with Crippen molar-refractivity contribution in [2.24, 2.45) is 0 Å². The maximum absolute atomic E-state index is 13.4. The predicted molar refractivity (Wildman–Crippen MR) is 136 cm³/mol. The minimum Gasteiger partial charge on any atom is -0.494 e. The molecule has 1 aliphatic heterocycles. The van der Waals surface area contributed by atoms with Gasteiger partial charge in [-0.1, -0.05) is 41.9 Å². The summed E-state index contributed by atoms with van der Waals surface area (Å²) in [7, 11) is 0. The lowest BCUT2D eigenvalue weighted by atomic mass is 10.1. The van der Waals surface area contributed by atoms with Gasteiger partial charge in [-0.15, -0.1) is 0 Å². The summed E-state index contributed by atoms with van der Waals surface area (Å²) in [4.78, 5) is 42.2. The second-order valence-electron chi connectivity index (χ2n) is 8.09. The van der Waals surface area contributed by atoms with Crippen LogP contribution in [0, 0.1) is 0 Å². The van der Waals surface area contributed by atoms with E-state index in [-0.39, 0.29) is 12.3 Å². The first-order valence-corrected chi connectivity index (χ1v) is 11.8. The number of benzene rings is 3. The molecule has 180 valence electrons. The van der Waals surface area contributed by atoms with Gasteiger partial charge in [-0.25, -0.2) is 9.69 Å². The SMILES string of the molecule is CCOc1ccc(NC(=O)C[C@H]2C(=O)N(c3ccc(Cl)cc3)C(=O)N2CCc2ccccc2)cc1. The highest BCUT2D eigenvalue weighted by atomic mass is 35.5. The molecule has 1 saturated heterocycles. The van der Waals surface area contributed by atoms with Gasteiger partial charge in [-0.3, -0.25) is 9.59 Å². The average molecular weight is 492 g/mol. The molecule has 0 radical (unpaired) electrons. The largest absolute Gasteiger partial charge is 0.494 e. The third-order valence-corrected chi connectivity index (χ3v) is 5.97. The van der Waals surface area contributed by atoms with Gasteiger partial charge in [0.15, 0.2) is 0 Å². The number of hydrogen-bond acceptors (Lipinski definition) is 4. The Kier molecular flexibility index (Phi) is 7.67. The normalized spacial score (nSPS) is 15.4. The number of carbonyl (C=O) groups excluding carboxylic acids is 3. The van der Waals surface area contributed by atoms with Crippen molar-refractivity contribution in [3.8, 4) is 5.75 Å². The Balaban J connectivity index is 1.52. The third kappa shape index (κ3) is 5.81. The van der Waals surface area contributed by atoms with Crippen molar-refractivity contribution in [3.05, 3.63) is 89.4 Å². The maximum Gasteiger partial charge on any atom is 0.332 e. The Morgan fingerprint density at radius 3 is 2.31 bits per heavy atom. The number of nitrogens with one attached hydrogen (secondary N) is 1. The van der Waals surface area contributed by atoms with Crippen molar-refractivity contribution in [1.82, 2.24) is 4.90 Å². The van der Waals surface area contributed by atoms with E-state index in [9.17, 15) is 14.4 Å². The zero-order valence-corrected chi connectivity index (χ0v) is 20.1. The van der Waals surface area contributed by atoms with Crippen LogP contribution in [0.2, 0.25) is 5.02 Å². The molecule has 3 aromatic rings. The summed E-state index contributed by atoms with van der Waals surface area (Å²) >= 11 is 5.98. The summed E-state index contributed by atoms with van der Waals surface area (Å²) in [5.74, 6) is -0.0945. The van der Waals surface area contributed by atoms with Crippen LogP contribution in [-0.4, -0.2) is 41.9 Å². The number of ether oxygens (including phenoxy) is 1. The molecule has 35 heavy (non-hydrogen) atoms. The molecule has 0 unspecified atom stereocenters. The summed E-state index contributed by atoms with van der Waals surface area (Å²) in [5, 5.41) is 3.31. The number of halogens is 1. The number of hydrogen-bond donors (Lipinski definition) is 1. The van der Waals surface area contributed by atoms with E-state index in [0.717, 1.165) is 10.5 Å². The lowest BCUT2D eigenvalue weighted by Crippen LogP contribution is -2.39. The van der Waals surface area contributed by atoms with Gasteiger partial charge >= 0.3 is 6.03 Å². The van der Waals surface area contributed by atoms with Gasteiger partial charge in [0.2, 0.25) is 5.91 Å². The number of urea groups is 1. The predicted octanol–water partition coefficient (Wildman–Crippen LogP) is 5.15. The van der Waals surface area contributed by atoms with Gasteiger partial charge < -0.3 is 15.0 Å². The molecule has 0 spiro atoms. The lowest BCUT2D eigenvalue weighted by Gasteiger charge is -2.21. The number of carbonyl (C=O) groups is 3. The highest BCUT2D eigenvalue weighted by Crippen LogP contribution is 2.28. The minimum atomic E-state index is -0.912. The van der Waals surface area contributed by atoms with Crippen LogP contribution < -0.4 is 15.0 Å². The van der Waals surface area contributed by atoms with Crippen LogP contribution in [-0.2, 0) is 16.0 Å². The van der Waals surface area contributed by atoms with E-state index >= 15 is 0 Å². The molecule has 1 aliphatic rings. The molecule has 1 fully saturated rings. The Hall–Kier alpha value is -3.84. The van der Waals surface area contributed by atoms with Crippen molar-refractivity contribution >= 4 is 40.8 Å². The van der Waals surface area contributed by atoms with E-state index < -0.39 is 18.0 Å². The maximum atomic E-state index is 13.4. The number of nitrogens with zero attached hydrogens (tertiary/aromatic N) is 2. The second-order valence-corrected chi connectivity index (χ2v) is 8.52. The van der Waals surface area contributed by atoms with E-state index in [2.05, 4.69) is 5.32 Å². The topological polar surface area (TPSA) is 79.0 Å². The van der Waals surface area contributed by atoms with Crippen LogP contribution in [0.1, 0.15) is 18.9 Å². The fourth-order valence-electron chi connectivity index (χ4n) is 4.00. The van der Waals surface area contributed by atoms with E-state index in [1.54, 1.807) is 48.5 Å². The molecule has 1 atom stereocenters. The number of imide groups is 1. The second kappa shape index (κ2) is 11.1. The molecule has 0 saturated carbocycles. The van der Waals surface area contributed by atoms with Crippen LogP contribution in [0.3, 0.4) is 0 Å². The number of amides is 4. The van der Waals surface area contributed by atoms with Crippen molar-refractivity contribution < 1.29 is 19.1 Å². The van der Waals surface area contributed by atoms with Gasteiger partial charge in [0, 0.05) is 17.3 Å². The first-order valence-electron chi connectivity index (χ1n) is 11.4. The summed E-state index contributed by atoms with van der Waals surface area (Å²) < 4.78 is 5.42. The van der Waals surface area contributed by atoms with Crippen LogP contribution in [0.4, 0.5) is 16.2 Å². The zero-order chi connectivity index (χ0) is 24.8. The Morgan fingerprint density at radius 2 is 1.66 bits per heavy atom. The van der Waals surface area contributed by atoms with Gasteiger partial charge in [-0.2, -0.15) is 0 Å². The van der Waals surface area contributed by atoms with Crippen molar-refractivity contribution in [2.75, 3.05) is 23.4 Å². The summed E-state index contributed by atoms with van der Waals surface area (Å²) in [6.45, 7) is 2.75. The molecule has 0 bridgehead atoms. The van der Waals surface area contributed by atoms with E-state index in [1.807, 2.05) is 37.3 Å². The molecule has 1 N–H and O–H groups in total. The summed E-state index contributed by atoms with van der Waals surface area (Å²) in [5.41, 5.74) is 2.04. The molecule has 4 rings (SSSR count). The third-order valence-electron chi connectivity index (χ3n) is 5.72. The van der Waals surface area contributed by atoms with Gasteiger partial charge in [0.05, 0.1) is 18.7 Å². The highest BCUT2D eigenvalue weighted by molar-refractivity contribution is 6.30. The molecule has 0 aromatic heterocycles. The smallest absolute Gasteiger partial charge is 0.332 e. The van der Waals surface area contributed by atoms with Crippen molar-refractivity contribution in [2.45, 2.75) is 25.8 Å².